The summed E-state index contributed by atoms with van der Waals surface area (Å²) in [6, 6.07) is 16.1. The van der Waals surface area contributed by atoms with E-state index in [0.717, 1.165) is 23.4 Å². The molecule has 0 saturated heterocycles. The zero-order valence-electron chi connectivity index (χ0n) is 14.2. The number of hydrogen-bond acceptors (Lipinski definition) is 4. The molecule has 0 amide bonds. The summed E-state index contributed by atoms with van der Waals surface area (Å²) in [5.41, 5.74) is 1.82. The van der Waals surface area contributed by atoms with Crippen molar-refractivity contribution in [2.45, 2.75) is 32.0 Å². The summed E-state index contributed by atoms with van der Waals surface area (Å²) in [7, 11) is 1.70. The van der Waals surface area contributed by atoms with E-state index < -0.39 is 0 Å². The van der Waals surface area contributed by atoms with E-state index in [2.05, 4.69) is 20.9 Å². The topological polar surface area (TPSA) is 58.2 Å². The van der Waals surface area contributed by atoms with E-state index >= 15 is 0 Å². The molecule has 1 N–H and O–H groups in total. The van der Waals surface area contributed by atoms with Gasteiger partial charge in [0.1, 0.15) is 11.6 Å². The van der Waals surface area contributed by atoms with E-state index in [-0.39, 0.29) is 5.56 Å². The molecule has 1 aliphatic rings. The second kappa shape index (κ2) is 6.69. The first-order valence-electron chi connectivity index (χ1n) is 8.58. The fourth-order valence-electron chi connectivity index (χ4n) is 3.21. The number of hydrogen-bond donors (Lipinski definition) is 1. The van der Waals surface area contributed by atoms with Crippen LogP contribution in [-0.4, -0.2) is 28.0 Å². The number of ether oxygens (including phenoxy) is 1. The van der Waals surface area contributed by atoms with E-state index in [1.165, 1.54) is 12.8 Å². The molecule has 1 heterocycles. The molecule has 5 nitrogen and oxygen atoms in total. The maximum atomic E-state index is 12.3. The molecule has 1 aliphatic carbocycles. The molecule has 0 atom stereocenters. The monoisotopic (exact) mass is 335 g/mol. The number of aromatic nitrogens is 2. The van der Waals surface area contributed by atoms with Gasteiger partial charge in [-0.2, -0.15) is 0 Å². The lowest BCUT2D eigenvalue weighted by molar-refractivity contribution is 0.236. The van der Waals surface area contributed by atoms with Crippen LogP contribution in [-0.2, 0) is 13.1 Å². The average molecular weight is 335 g/mol. The molecule has 1 fully saturated rings. The first-order valence-corrected chi connectivity index (χ1v) is 8.58. The molecule has 0 spiro atoms. The predicted octanol–water partition coefficient (Wildman–Crippen LogP) is 3.10. The van der Waals surface area contributed by atoms with Crippen molar-refractivity contribution in [2.75, 3.05) is 7.11 Å². The molecule has 25 heavy (non-hydrogen) atoms. The Kier molecular flexibility index (Phi) is 4.24. The van der Waals surface area contributed by atoms with Gasteiger partial charge < -0.3 is 9.72 Å². The number of para-hydroxylation sites is 2. The van der Waals surface area contributed by atoms with Crippen LogP contribution in [0.3, 0.4) is 0 Å². The Balaban J connectivity index is 1.61. The van der Waals surface area contributed by atoms with E-state index in [0.29, 0.717) is 23.8 Å². The SMILES string of the molecule is COc1ccccc1CN(Cc1nc2ccccc2c(=O)[nH]1)C1CC1. The van der Waals surface area contributed by atoms with E-state index in [1.54, 1.807) is 13.2 Å². The minimum atomic E-state index is -0.0753. The van der Waals surface area contributed by atoms with Crippen molar-refractivity contribution < 1.29 is 4.74 Å². The summed E-state index contributed by atoms with van der Waals surface area (Å²) in [4.78, 5) is 22.2. The highest BCUT2D eigenvalue weighted by Crippen LogP contribution is 2.31. The van der Waals surface area contributed by atoms with Gasteiger partial charge in [0.05, 0.1) is 24.6 Å². The predicted molar refractivity (Wildman–Crippen MR) is 97.6 cm³/mol. The van der Waals surface area contributed by atoms with Crippen LogP contribution >= 0.6 is 0 Å². The van der Waals surface area contributed by atoms with Crippen molar-refractivity contribution >= 4 is 10.9 Å². The first-order chi connectivity index (χ1) is 12.2. The second-order valence-corrected chi connectivity index (χ2v) is 6.48. The minimum Gasteiger partial charge on any atom is -0.496 e. The van der Waals surface area contributed by atoms with Gasteiger partial charge in [-0.05, 0) is 31.0 Å². The number of H-pyrrole nitrogens is 1. The number of nitrogens with one attached hydrogen (secondary N) is 1. The third kappa shape index (κ3) is 3.42. The maximum absolute atomic E-state index is 12.3. The molecule has 0 bridgehead atoms. The Morgan fingerprint density at radius 3 is 2.68 bits per heavy atom. The average Bonchev–Trinajstić information content (AvgIpc) is 3.47. The number of benzene rings is 2. The summed E-state index contributed by atoms with van der Waals surface area (Å²) in [6.45, 7) is 1.41. The third-order valence-corrected chi connectivity index (χ3v) is 4.64. The fraction of sp³-hybridized carbons (Fsp3) is 0.300. The van der Waals surface area contributed by atoms with Crippen LogP contribution in [0.2, 0.25) is 0 Å². The van der Waals surface area contributed by atoms with Crippen LogP contribution in [0.1, 0.15) is 24.2 Å². The Morgan fingerprint density at radius 2 is 1.88 bits per heavy atom. The molecule has 0 radical (unpaired) electrons. The summed E-state index contributed by atoms with van der Waals surface area (Å²) in [5.74, 6) is 1.61. The fourth-order valence-corrected chi connectivity index (χ4v) is 3.21. The number of aromatic amines is 1. The Labute approximate surface area is 146 Å². The Bertz CT molecular complexity index is 947. The molecule has 4 rings (SSSR count). The summed E-state index contributed by atoms with van der Waals surface area (Å²) >= 11 is 0. The van der Waals surface area contributed by atoms with Crippen molar-refractivity contribution in [3.63, 3.8) is 0 Å². The zero-order valence-corrected chi connectivity index (χ0v) is 14.2. The minimum absolute atomic E-state index is 0.0753. The largest absolute Gasteiger partial charge is 0.496 e. The van der Waals surface area contributed by atoms with Crippen LogP contribution in [0.4, 0.5) is 0 Å². The van der Waals surface area contributed by atoms with Crippen LogP contribution in [0.15, 0.2) is 53.3 Å². The van der Waals surface area contributed by atoms with Gasteiger partial charge in [-0.25, -0.2) is 4.98 Å². The Hall–Kier alpha value is -2.66. The molecule has 0 aliphatic heterocycles. The lowest BCUT2D eigenvalue weighted by atomic mass is 10.2. The van der Waals surface area contributed by atoms with Crippen molar-refractivity contribution in [3.05, 3.63) is 70.3 Å². The van der Waals surface area contributed by atoms with Gasteiger partial charge in [-0.15, -0.1) is 0 Å². The van der Waals surface area contributed by atoms with Gasteiger partial charge >= 0.3 is 0 Å². The molecular weight excluding hydrogens is 314 g/mol. The van der Waals surface area contributed by atoms with Crippen molar-refractivity contribution in [3.8, 4) is 5.75 Å². The zero-order chi connectivity index (χ0) is 17.2. The molecular formula is C20H21N3O2. The Morgan fingerprint density at radius 1 is 1.12 bits per heavy atom. The normalized spacial score (nSPS) is 14.2. The van der Waals surface area contributed by atoms with Crippen LogP contribution in [0.25, 0.3) is 10.9 Å². The smallest absolute Gasteiger partial charge is 0.258 e. The summed E-state index contributed by atoms with van der Waals surface area (Å²) in [6.07, 6.45) is 2.37. The standard InChI is InChI=1S/C20H21N3O2/c1-25-18-9-5-2-6-14(18)12-23(15-10-11-15)13-19-21-17-8-4-3-7-16(17)20(24)22-19/h2-9,15H,10-13H2,1H3,(H,21,22,24). The quantitative estimate of drug-likeness (QED) is 0.752. The summed E-state index contributed by atoms with van der Waals surface area (Å²) < 4.78 is 5.47. The van der Waals surface area contributed by atoms with Gasteiger partial charge in [0.25, 0.3) is 5.56 Å². The highest BCUT2D eigenvalue weighted by atomic mass is 16.5. The second-order valence-electron chi connectivity index (χ2n) is 6.48. The van der Waals surface area contributed by atoms with Crippen LogP contribution < -0.4 is 10.3 Å². The molecule has 5 heteroatoms. The van der Waals surface area contributed by atoms with Crippen molar-refractivity contribution in [1.29, 1.82) is 0 Å². The molecule has 3 aromatic rings. The van der Waals surface area contributed by atoms with Gasteiger partial charge in [0, 0.05) is 18.2 Å². The number of methoxy groups -OCH3 is 1. The van der Waals surface area contributed by atoms with Gasteiger partial charge in [0.15, 0.2) is 0 Å². The third-order valence-electron chi connectivity index (χ3n) is 4.64. The van der Waals surface area contributed by atoms with E-state index in [4.69, 9.17) is 4.74 Å². The first kappa shape index (κ1) is 15.8. The van der Waals surface area contributed by atoms with E-state index in [9.17, 15) is 4.79 Å². The van der Waals surface area contributed by atoms with Crippen LogP contribution in [0, 0.1) is 0 Å². The molecule has 2 aromatic carbocycles. The molecule has 128 valence electrons. The lowest BCUT2D eigenvalue weighted by Gasteiger charge is -2.22. The highest BCUT2D eigenvalue weighted by Gasteiger charge is 2.30. The van der Waals surface area contributed by atoms with Gasteiger partial charge in [0.2, 0.25) is 0 Å². The molecule has 0 unspecified atom stereocenters. The lowest BCUT2D eigenvalue weighted by Crippen LogP contribution is -2.27. The number of fused-ring (bicyclic) bond motifs is 1. The van der Waals surface area contributed by atoms with E-state index in [1.807, 2.05) is 36.4 Å². The molecule has 1 saturated carbocycles. The molecule has 1 aromatic heterocycles. The van der Waals surface area contributed by atoms with Gasteiger partial charge in [-0.1, -0.05) is 30.3 Å². The number of nitrogens with zero attached hydrogens (tertiary/aromatic N) is 2. The maximum Gasteiger partial charge on any atom is 0.258 e. The van der Waals surface area contributed by atoms with Gasteiger partial charge in [-0.3, -0.25) is 9.69 Å². The highest BCUT2D eigenvalue weighted by molar-refractivity contribution is 5.77. The van der Waals surface area contributed by atoms with Crippen LogP contribution in [0.5, 0.6) is 5.75 Å². The van der Waals surface area contributed by atoms with Crippen molar-refractivity contribution in [2.24, 2.45) is 0 Å². The summed E-state index contributed by atoms with van der Waals surface area (Å²) in [5, 5.41) is 0.633. The van der Waals surface area contributed by atoms with Crippen molar-refractivity contribution in [1.82, 2.24) is 14.9 Å². The number of rotatable bonds is 6.